The molecule has 0 bridgehead atoms. The van der Waals surface area contributed by atoms with Gasteiger partial charge >= 0.3 is 0 Å². The fraction of sp³-hybridized carbons (Fsp3) is 0.143. The van der Waals surface area contributed by atoms with Crippen LogP contribution in [0.1, 0.15) is 42.2 Å². The van der Waals surface area contributed by atoms with E-state index in [1.165, 1.54) is 19.2 Å². The topological polar surface area (TPSA) is 84.3 Å². The van der Waals surface area contributed by atoms with Gasteiger partial charge in [-0.3, -0.25) is 19.3 Å². The first kappa shape index (κ1) is 17.7. The van der Waals surface area contributed by atoms with Gasteiger partial charge in [-0.25, -0.2) is 4.98 Å². The highest BCUT2D eigenvalue weighted by Gasteiger charge is 2.33. The molecular weight excluding hydrogens is 356 g/mol. The predicted molar refractivity (Wildman–Crippen MR) is 102 cm³/mol. The van der Waals surface area contributed by atoms with Crippen molar-refractivity contribution < 1.29 is 14.4 Å². The summed E-state index contributed by atoms with van der Waals surface area (Å²) < 4.78 is 1.96. The average molecular weight is 374 g/mol. The van der Waals surface area contributed by atoms with Gasteiger partial charge in [0.05, 0.1) is 17.5 Å². The SMILES string of the molecule is CN1C(=O)c2ccc(C(=O)NCc3ccccc3Cn3ccnc3)cc2C1=O. The number of nitrogens with zero attached hydrogens (tertiary/aromatic N) is 3. The molecule has 0 radical (unpaired) electrons. The van der Waals surface area contributed by atoms with Gasteiger partial charge in [-0.05, 0) is 29.3 Å². The summed E-state index contributed by atoms with van der Waals surface area (Å²) in [5, 5.41) is 2.89. The van der Waals surface area contributed by atoms with Crippen molar-refractivity contribution in [3.05, 3.63) is 89.0 Å². The maximum Gasteiger partial charge on any atom is 0.261 e. The number of benzene rings is 2. The van der Waals surface area contributed by atoms with Gasteiger partial charge in [0, 0.05) is 38.1 Å². The number of carbonyl (C=O) groups is 3. The molecule has 0 aliphatic carbocycles. The number of fused-ring (bicyclic) bond motifs is 1. The number of imidazole rings is 1. The van der Waals surface area contributed by atoms with E-state index >= 15 is 0 Å². The molecule has 2 heterocycles. The first-order valence-electron chi connectivity index (χ1n) is 8.82. The molecule has 140 valence electrons. The van der Waals surface area contributed by atoms with E-state index in [4.69, 9.17) is 0 Å². The van der Waals surface area contributed by atoms with Crippen LogP contribution in [-0.2, 0) is 13.1 Å². The van der Waals surface area contributed by atoms with Gasteiger partial charge in [-0.15, -0.1) is 0 Å². The highest BCUT2D eigenvalue weighted by molar-refractivity contribution is 6.21. The van der Waals surface area contributed by atoms with Crippen LogP contribution in [0, 0.1) is 0 Å². The summed E-state index contributed by atoms with van der Waals surface area (Å²) in [6, 6.07) is 12.4. The third-order valence-electron chi connectivity index (χ3n) is 4.82. The van der Waals surface area contributed by atoms with Crippen LogP contribution >= 0.6 is 0 Å². The number of imide groups is 1. The molecule has 28 heavy (non-hydrogen) atoms. The quantitative estimate of drug-likeness (QED) is 0.693. The number of hydrogen-bond acceptors (Lipinski definition) is 4. The molecule has 1 aromatic heterocycles. The maximum atomic E-state index is 12.6. The highest BCUT2D eigenvalue weighted by atomic mass is 16.2. The van der Waals surface area contributed by atoms with Gasteiger partial charge in [0.15, 0.2) is 0 Å². The second-order valence-corrected chi connectivity index (χ2v) is 6.62. The third kappa shape index (κ3) is 3.18. The van der Waals surface area contributed by atoms with Crippen LogP contribution in [-0.4, -0.2) is 39.2 Å². The largest absolute Gasteiger partial charge is 0.348 e. The zero-order chi connectivity index (χ0) is 19.7. The first-order valence-corrected chi connectivity index (χ1v) is 8.82. The fourth-order valence-corrected chi connectivity index (χ4v) is 3.24. The molecule has 0 saturated heterocycles. The number of aromatic nitrogens is 2. The minimum absolute atomic E-state index is 0.264. The molecule has 3 aromatic rings. The van der Waals surface area contributed by atoms with Gasteiger partial charge in [-0.2, -0.15) is 0 Å². The van der Waals surface area contributed by atoms with Crippen LogP contribution in [0.25, 0.3) is 0 Å². The van der Waals surface area contributed by atoms with Crippen molar-refractivity contribution in [2.45, 2.75) is 13.1 Å². The molecule has 0 spiro atoms. The van der Waals surface area contributed by atoms with Crippen LogP contribution in [0.5, 0.6) is 0 Å². The van der Waals surface area contributed by atoms with E-state index in [2.05, 4.69) is 10.3 Å². The van der Waals surface area contributed by atoms with Crippen molar-refractivity contribution in [3.63, 3.8) is 0 Å². The van der Waals surface area contributed by atoms with Crippen molar-refractivity contribution in [3.8, 4) is 0 Å². The molecule has 7 nitrogen and oxygen atoms in total. The summed E-state index contributed by atoms with van der Waals surface area (Å²) in [5.74, 6) is -1.03. The molecule has 0 saturated carbocycles. The Labute approximate surface area is 161 Å². The summed E-state index contributed by atoms with van der Waals surface area (Å²) in [6.45, 7) is 1.02. The van der Waals surface area contributed by atoms with Crippen molar-refractivity contribution in [1.82, 2.24) is 19.8 Å². The first-order chi connectivity index (χ1) is 13.5. The van der Waals surface area contributed by atoms with E-state index in [1.54, 1.807) is 18.6 Å². The predicted octanol–water partition coefficient (Wildman–Crippen LogP) is 2.09. The zero-order valence-corrected chi connectivity index (χ0v) is 15.3. The summed E-state index contributed by atoms with van der Waals surface area (Å²) >= 11 is 0. The average Bonchev–Trinajstić information content (AvgIpc) is 3.30. The number of amides is 3. The van der Waals surface area contributed by atoms with Gasteiger partial charge in [-0.1, -0.05) is 24.3 Å². The summed E-state index contributed by atoms with van der Waals surface area (Å²) in [6.07, 6.45) is 5.35. The van der Waals surface area contributed by atoms with Gasteiger partial charge in [0.25, 0.3) is 17.7 Å². The Hall–Kier alpha value is -3.74. The molecule has 4 rings (SSSR count). The lowest BCUT2D eigenvalue weighted by atomic mass is 10.0. The molecule has 2 aromatic carbocycles. The third-order valence-corrected chi connectivity index (χ3v) is 4.82. The molecular formula is C21H18N4O3. The monoisotopic (exact) mass is 374 g/mol. The molecule has 1 aliphatic heterocycles. The van der Waals surface area contributed by atoms with E-state index in [0.717, 1.165) is 16.0 Å². The van der Waals surface area contributed by atoms with Crippen LogP contribution in [0.3, 0.4) is 0 Å². The molecule has 7 heteroatoms. The Morgan fingerprint density at radius 1 is 1.04 bits per heavy atom. The van der Waals surface area contributed by atoms with Crippen LogP contribution in [0.15, 0.2) is 61.2 Å². The second-order valence-electron chi connectivity index (χ2n) is 6.62. The minimum atomic E-state index is -0.389. The Morgan fingerprint density at radius 2 is 1.79 bits per heavy atom. The van der Waals surface area contributed by atoms with E-state index in [-0.39, 0.29) is 23.3 Å². The number of carbonyl (C=O) groups excluding carboxylic acids is 3. The van der Waals surface area contributed by atoms with Gasteiger partial charge in [0.1, 0.15) is 0 Å². The van der Waals surface area contributed by atoms with E-state index in [0.29, 0.717) is 24.2 Å². The smallest absolute Gasteiger partial charge is 0.261 e. The summed E-state index contributed by atoms with van der Waals surface area (Å²) in [7, 11) is 1.43. The van der Waals surface area contributed by atoms with Crippen molar-refractivity contribution >= 4 is 17.7 Å². The van der Waals surface area contributed by atoms with Crippen LogP contribution in [0.4, 0.5) is 0 Å². The lowest BCUT2D eigenvalue weighted by Gasteiger charge is -2.11. The summed E-state index contributed by atoms with van der Waals surface area (Å²) in [5.41, 5.74) is 3.02. The molecule has 3 amide bonds. The van der Waals surface area contributed by atoms with E-state index < -0.39 is 0 Å². The molecule has 0 fully saturated rings. The zero-order valence-electron chi connectivity index (χ0n) is 15.3. The van der Waals surface area contributed by atoms with Crippen molar-refractivity contribution in [2.75, 3.05) is 7.05 Å². The summed E-state index contributed by atoms with van der Waals surface area (Å²) in [4.78, 5) is 41.8. The highest BCUT2D eigenvalue weighted by Crippen LogP contribution is 2.22. The maximum absolute atomic E-state index is 12.6. The number of nitrogens with one attached hydrogen (secondary N) is 1. The lowest BCUT2D eigenvalue weighted by Crippen LogP contribution is -2.24. The molecule has 0 unspecified atom stereocenters. The van der Waals surface area contributed by atoms with E-state index in [1.807, 2.05) is 35.0 Å². The minimum Gasteiger partial charge on any atom is -0.348 e. The standard InChI is InChI=1S/C21H18N4O3/c1-24-20(27)17-7-6-14(10-18(17)21(24)28)19(26)23-11-15-4-2-3-5-16(15)12-25-9-8-22-13-25/h2-10,13H,11-12H2,1H3,(H,23,26). The fourth-order valence-electron chi connectivity index (χ4n) is 3.24. The van der Waals surface area contributed by atoms with Crippen LogP contribution in [0.2, 0.25) is 0 Å². The normalized spacial score (nSPS) is 13.0. The van der Waals surface area contributed by atoms with Crippen molar-refractivity contribution in [1.29, 1.82) is 0 Å². The Morgan fingerprint density at radius 3 is 2.54 bits per heavy atom. The van der Waals surface area contributed by atoms with E-state index in [9.17, 15) is 14.4 Å². The lowest BCUT2D eigenvalue weighted by molar-refractivity contribution is 0.0693. The Kier molecular flexibility index (Phi) is 4.49. The van der Waals surface area contributed by atoms with Crippen molar-refractivity contribution in [2.24, 2.45) is 0 Å². The molecule has 1 aliphatic rings. The number of hydrogen-bond donors (Lipinski definition) is 1. The molecule has 0 atom stereocenters. The number of rotatable bonds is 5. The second kappa shape index (κ2) is 7.11. The molecule has 1 N–H and O–H groups in total. The van der Waals surface area contributed by atoms with Gasteiger partial charge in [0.2, 0.25) is 0 Å². The van der Waals surface area contributed by atoms with Gasteiger partial charge < -0.3 is 9.88 Å². The van der Waals surface area contributed by atoms with Crippen LogP contribution < -0.4 is 5.32 Å². The Bertz CT molecular complexity index is 1070. The Balaban J connectivity index is 1.49.